The number of hydrogen-bond acceptors (Lipinski definition) is 2. The van der Waals surface area contributed by atoms with E-state index in [1.807, 2.05) is 24.3 Å². The standard InChI is InChI=1S/C16H24N2O2/c1-12(2)5-4-10-17-16(20)11-14-6-8-15(9-7-14)18-13(3)19/h6-9,12H,4-5,10-11H2,1-3H3,(H,17,20)(H,18,19). The molecule has 110 valence electrons. The van der Waals surface area contributed by atoms with Crippen molar-refractivity contribution in [1.82, 2.24) is 5.32 Å². The van der Waals surface area contributed by atoms with Crippen LogP contribution in [0, 0.1) is 5.92 Å². The Morgan fingerprint density at radius 1 is 1.15 bits per heavy atom. The molecule has 2 amide bonds. The highest BCUT2D eigenvalue weighted by Crippen LogP contribution is 2.10. The second-order valence-electron chi connectivity index (χ2n) is 5.44. The summed E-state index contributed by atoms with van der Waals surface area (Å²) in [7, 11) is 0. The minimum atomic E-state index is -0.0966. The molecular weight excluding hydrogens is 252 g/mol. The molecule has 1 rings (SSSR count). The van der Waals surface area contributed by atoms with Crippen LogP contribution in [0.5, 0.6) is 0 Å². The van der Waals surface area contributed by atoms with Gasteiger partial charge in [-0.25, -0.2) is 0 Å². The lowest BCUT2D eigenvalue weighted by Gasteiger charge is -2.07. The first-order valence-electron chi connectivity index (χ1n) is 7.10. The third kappa shape index (κ3) is 6.92. The van der Waals surface area contributed by atoms with Gasteiger partial charge in [-0.05, 0) is 36.5 Å². The molecule has 1 aromatic rings. The number of nitrogens with one attached hydrogen (secondary N) is 2. The van der Waals surface area contributed by atoms with Crippen LogP contribution < -0.4 is 10.6 Å². The van der Waals surface area contributed by atoms with Crippen LogP contribution in [0.25, 0.3) is 0 Å². The second kappa shape index (κ2) is 8.35. The summed E-state index contributed by atoms with van der Waals surface area (Å²) in [6, 6.07) is 7.34. The van der Waals surface area contributed by atoms with Crippen LogP contribution in [-0.2, 0) is 16.0 Å². The van der Waals surface area contributed by atoms with Crippen LogP contribution in [-0.4, -0.2) is 18.4 Å². The van der Waals surface area contributed by atoms with E-state index >= 15 is 0 Å². The van der Waals surface area contributed by atoms with Crippen molar-refractivity contribution in [1.29, 1.82) is 0 Å². The number of amides is 2. The number of benzene rings is 1. The van der Waals surface area contributed by atoms with E-state index in [9.17, 15) is 9.59 Å². The SMILES string of the molecule is CC(=O)Nc1ccc(CC(=O)NCCCC(C)C)cc1. The van der Waals surface area contributed by atoms with Crippen molar-refractivity contribution in [2.45, 2.75) is 40.0 Å². The molecule has 0 heterocycles. The second-order valence-corrected chi connectivity index (χ2v) is 5.44. The maximum Gasteiger partial charge on any atom is 0.224 e. The van der Waals surface area contributed by atoms with E-state index < -0.39 is 0 Å². The van der Waals surface area contributed by atoms with Gasteiger partial charge in [0.15, 0.2) is 0 Å². The maximum absolute atomic E-state index is 11.7. The van der Waals surface area contributed by atoms with Crippen LogP contribution in [0.1, 0.15) is 39.2 Å². The molecule has 0 atom stereocenters. The van der Waals surface area contributed by atoms with Crippen molar-refractivity contribution < 1.29 is 9.59 Å². The molecule has 0 unspecified atom stereocenters. The molecule has 0 aliphatic heterocycles. The summed E-state index contributed by atoms with van der Waals surface area (Å²) in [5, 5.41) is 5.62. The van der Waals surface area contributed by atoms with Gasteiger partial charge in [0.25, 0.3) is 0 Å². The molecule has 20 heavy (non-hydrogen) atoms. The smallest absolute Gasteiger partial charge is 0.224 e. The molecule has 4 nitrogen and oxygen atoms in total. The predicted molar refractivity (Wildman–Crippen MR) is 81.5 cm³/mol. The van der Waals surface area contributed by atoms with Crippen molar-refractivity contribution in [3.05, 3.63) is 29.8 Å². The van der Waals surface area contributed by atoms with Gasteiger partial charge in [-0.3, -0.25) is 9.59 Å². The predicted octanol–water partition coefficient (Wildman–Crippen LogP) is 2.74. The summed E-state index contributed by atoms with van der Waals surface area (Å²) in [4.78, 5) is 22.6. The molecule has 1 aromatic carbocycles. The number of hydrogen-bond donors (Lipinski definition) is 2. The number of carbonyl (C=O) groups is 2. The van der Waals surface area contributed by atoms with E-state index in [1.165, 1.54) is 6.92 Å². The van der Waals surface area contributed by atoms with E-state index in [1.54, 1.807) is 0 Å². The van der Waals surface area contributed by atoms with Crippen LogP contribution in [0.2, 0.25) is 0 Å². The topological polar surface area (TPSA) is 58.2 Å². The highest BCUT2D eigenvalue weighted by atomic mass is 16.2. The van der Waals surface area contributed by atoms with Crippen molar-refractivity contribution >= 4 is 17.5 Å². The quantitative estimate of drug-likeness (QED) is 0.752. The zero-order chi connectivity index (χ0) is 15.0. The van der Waals surface area contributed by atoms with Crippen molar-refractivity contribution in [2.75, 3.05) is 11.9 Å². The Hall–Kier alpha value is -1.84. The Bertz CT molecular complexity index is 438. The first-order valence-corrected chi connectivity index (χ1v) is 7.10. The summed E-state index contributed by atoms with van der Waals surface area (Å²) >= 11 is 0. The van der Waals surface area contributed by atoms with Gasteiger partial charge >= 0.3 is 0 Å². The lowest BCUT2D eigenvalue weighted by atomic mass is 10.1. The Balaban J connectivity index is 2.33. The Kier molecular flexibility index (Phi) is 6.77. The van der Waals surface area contributed by atoms with Gasteiger partial charge in [-0.15, -0.1) is 0 Å². The fourth-order valence-electron chi connectivity index (χ4n) is 1.90. The first-order chi connectivity index (χ1) is 9.47. The molecule has 0 aliphatic carbocycles. The minimum absolute atomic E-state index is 0.0426. The average Bonchev–Trinajstić information content (AvgIpc) is 2.36. The molecule has 0 saturated carbocycles. The van der Waals surface area contributed by atoms with Crippen molar-refractivity contribution in [3.8, 4) is 0 Å². The number of carbonyl (C=O) groups excluding carboxylic acids is 2. The largest absolute Gasteiger partial charge is 0.356 e. The Morgan fingerprint density at radius 2 is 1.80 bits per heavy atom. The van der Waals surface area contributed by atoms with Gasteiger partial charge in [-0.1, -0.05) is 26.0 Å². The van der Waals surface area contributed by atoms with E-state index in [0.717, 1.165) is 30.6 Å². The summed E-state index contributed by atoms with van der Waals surface area (Å²) < 4.78 is 0. The minimum Gasteiger partial charge on any atom is -0.356 e. The van der Waals surface area contributed by atoms with E-state index in [-0.39, 0.29) is 11.8 Å². The van der Waals surface area contributed by atoms with Gasteiger partial charge in [0, 0.05) is 19.2 Å². The van der Waals surface area contributed by atoms with Crippen molar-refractivity contribution in [2.24, 2.45) is 5.92 Å². The first kappa shape index (κ1) is 16.2. The summed E-state index contributed by atoms with van der Waals surface area (Å²) in [6.07, 6.45) is 2.53. The van der Waals surface area contributed by atoms with Gasteiger partial charge in [0.1, 0.15) is 0 Å². The van der Waals surface area contributed by atoms with E-state index in [4.69, 9.17) is 0 Å². The van der Waals surface area contributed by atoms with Crippen molar-refractivity contribution in [3.63, 3.8) is 0 Å². The summed E-state index contributed by atoms with van der Waals surface area (Å²) in [5.41, 5.74) is 1.69. The molecule has 4 heteroatoms. The zero-order valence-corrected chi connectivity index (χ0v) is 12.5. The van der Waals surface area contributed by atoms with E-state index in [0.29, 0.717) is 12.3 Å². The average molecular weight is 276 g/mol. The van der Waals surface area contributed by atoms with Gasteiger partial charge in [0.2, 0.25) is 11.8 Å². The van der Waals surface area contributed by atoms with Gasteiger partial charge < -0.3 is 10.6 Å². The normalized spacial score (nSPS) is 10.4. The molecule has 0 aliphatic rings. The monoisotopic (exact) mass is 276 g/mol. The third-order valence-corrected chi connectivity index (χ3v) is 2.92. The van der Waals surface area contributed by atoms with Gasteiger partial charge in [-0.2, -0.15) is 0 Å². The van der Waals surface area contributed by atoms with E-state index in [2.05, 4.69) is 24.5 Å². The van der Waals surface area contributed by atoms with Crippen LogP contribution >= 0.6 is 0 Å². The lowest BCUT2D eigenvalue weighted by Crippen LogP contribution is -2.26. The Morgan fingerprint density at radius 3 is 2.35 bits per heavy atom. The summed E-state index contributed by atoms with van der Waals surface area (Å²) in [5.74, 6) is 0.620. The number of rotatable bonds is 7. The molecule has 0 radical (unpaired) electrons. The highest BCUT2D eigenvalue weighted by Gasteiger charge is 2.03. The summed E-state index contributed by atoms with van der Waals surface area (Å²) in [6.45, 7) is 6.57. The molecule has 0 aromatic heterocycles. The van der Waals surface area contributed by atoms with Crippen LogP contribution in [0.4, 0.5) is 5.69 Å². The Labute approximate surface area is 121 Å². The molecule has 0 spiro atoms. The van der Waals surface area contributed by atoms with Gasteiger partial charge in [0.05, 0.1) is 6.42 Å². The lowest BCUT2D eigenvalue weighted by molar-refractivity contribution is -0.120. The number of anilines is 1. The van der Waals surface area contributed by atoms with Crippen LogP contribution in [0.15, 0.2) is 24.3 Å². The molecule has 0 bridgehead atoms. The van der Waals surface area contributed by atoms with Crippen LogP contribution in [0.3, 0.4) is 0 Å². The molecular formula is C16H24N2O2. The molecule has 2 N–H and O–H groups in total. The fraction of sp³-hybridized carbons (Fsp3) is 0.500. The maximum atomic E-state index is 11.7. The zero-order valence-electron chi connectivity index (χ0n) is 12.5. The molecule has 0 fully saturated rings. The highest BCUT2D eigenvalue weighted by molar-refractivity contribution is 5.88. The third-order valence-electron chi connectivity index (χ3n) is 2.92. The molecule has 0 saturated heterocycles. The fourth-order valence-corrected chi connectivity index (χ4v) is 1.90.